The van der Waals surface area contributed by atoms with E-state index in [4.69, 9.17) is 11.6 Å². The zero-order valence-corrected chi connectivity index (χ0v) is 16.6. The van der Waals surface area contributed by atoms with Crippen LogP contribution >= 0.6 is 11.6 Å². The van der Waals surface area contributed by atoms with E-state index < -0.39 is 10.0 Å². The molecule has 1 saturated heterocycles. The van der Waals surface area contributed by atoms with Crippen molar-refractivity contribution in [3.63, 3.8) is 0 Å². The van der Waals surface area contributed by atoms with Crippen LogP contribution in [0.5, 0.6) is 0 Å². The average Bonchev–Trinajstić information content (AvgIpc) is 3.21. The molecule has 1 aliphatic heterocycles. The Labute approximate surface area is 168 Å². The van der Waals surface area contributed by atoms with Gasteiger partial charge in [0, 0.05) is 36.4 Å². The standard InChI is InChI=1S/C18H19ClN6O2S/c19-15-3-1-13(2-4-15)12-28(26,27)25-9-5-14(6-10-25)17-22-18(24-23-17)16-11-20-7-8-21-16/h1-4,7-8,11,14H,5-6,9-10,12H2,(H,22,23,24). The minimum atomic E-state index is -3.37. The van der Waals surface area contributed by atoms with Crippen molar-refractivity contribution in [2.75, 3.05) is 13.1 Å². The Morgan fingerprint density at radius 3 is 2.57 bits per heavy atom. The fourth-order valence-electron chi connectivity index (χ4n) is 3.28. The topological polar surface area (TPSA) is 105 Å². The van der Waals surface area contributed by atoms with Gasteiger partial charge in [-0.05, 0) is 30.5 Å². The fraction of sp³-hybridized carbons (Fsp3) is 0.333. The number of nitrogens with zero attached hydrogens (tertiary/aromatic N) is 5. The van der Waals surface area contributed by atoms with Crippen molar-refractivity contribution in [1.82, 2.24) is 29.5 Å². The Bertz CT molecular complexity index is 1030. The first-order valence-corrected chi connectivity index (χ1v) is 10.9. The first-order valence-electron chi connectivity index (χ1n) is 8.92. The van der Waals surface area contributed by atoms with Crippen LogP contribution in [0.25, 0.3) is 11.5 Å². The normalized spacial score (nSPS) is 16.3. The van der Waals surface area contributed by atoms with E-state index in [-0.39, 0.29) is 11.7 Å². The van der Waals surface area contributed by atoms with Crippen LogP contribution in [0, 0.1) is 0 Å². The third-order valence-corrected chi connectivity index (χ3v) is 6.89. The summed E-state index contributed by atoms with van der Waals surface area (Å²) in [6, 6.07) is 6.90. The van der Waals surface area contributed by atoms with Gasteiger partial charge in [-0.2, -0.15) is 5.10 Å². The summed E-state index contributed by atoms with van der Waals surface area (Å²) in [4.78, 5) is 12.7. The van der Waals surface area contributed by atoms with E-state index in [1.165, 1.54) is 0 Å². The van der Waals surface area contributed by atoms with Crippen molar-refractivity contribution >= 4 is 21.6 Å². The summed E-state index contributed by atoms with van der Waals surface area (Å²) < 4.78 is 27.0. The molecule has 1 aliphatic rings. The molecule has 1 aromatic carbocycles. The predicted molar refractivity (Wildman–Crippen MR) is 105 cm³/mol. The zero-order valence-electron chi connectivity index (χ0n) is 15.0. The smallest absolute Gasteiger partial charge is 0.218 e. The Kier molecular flexibility index (Phi) is 5.38. The molecular weight excluding hydrogens is 400 g/mol. The second-order valence-corrected chi connectivity index (χ2v) is 9.10. The van der Waals surface area contributed by atoms with Crippen LogP contribution in [0.1, 0.15) is 30.1 Å². The Morgan fingerprint density at radius 2 is 1.89 bits per heavy atom. The Morgan fingerprint density at radius 1 is 1.14 bits per heavy atom. The number of H-pyrrole nitrogens is 1. The van der Waals surface area contributed by atoms with E-state index in [1.807, 2.05) is 0 Å². The predicted octanol–water partition coefficient (Wildman–Crippen LogP) is 2.62. The van der Waals surface area contributed by atoms with Gasteiger partial charge in [-0.25, -0.2) is 22.7 Å². The molecule has 0 atom stereocenters. The van der Waals surface area contributed by atoms with Gasteiger partial charge < -0.3 is 0 Å². The molecule has 0 aliphatic carbocycles. The number of aromatic nitrogens is 5. The maximum absolute atomic E-state index is 12.7. The van der Waals surface area contributed by atoms with Gasteiger partial charge in [0.1, 0.15) is 11.5 Å². The number of nitrogens with one attached hydrogen (secondary N) is 1. The minimum Gasteiger partial charge on any atom is -0.262 e. The molecule has 0 spiro atoms. The maximum Gasteiger partial charge on any atom is 0.218 e. The van der Waals surface area contributed by atoms with Crippen LogP contribution in [-0.4, -0.2) is 51.0 Å². The summed E-state index contributed by atoms with van der Waals surface area (Å²) in [6.45, 7) is 0.920. The highest BCUT2D eigenvalue weighted by atomic mass is 35.5. The van der Waals surface area contributed by atoms with E-state index >= 15 is 0 Å². The van der Waals surface area contributed by atoms with Gasteiger partial charge in [0.05, 0.1) is 11.9 Å². The van der Waals surface area contributed by atoms with Gasteiger partial charge in [-0.15, -0.1) is 0 Å². The summed E-state index contributed by atoms with van der Waals surface area (Å²) >= 11 is 5.87. The van der Waals surface area contributed by atoms with Crippen LogP contribution in [0.15, 0.2) is 42.9 Å². The second kappa shape index (κ2) is 7.94. The number of rotatable bonds is 5. The SMILES string of the molecule is O=S(=O)(Cc1ccc(Cl)cc1)N1CCC(c2nc(-c3cnccn3)n[nH]2)CC1. The van der Waals surface area contributed by atoms with Gasteiger partial charge in [-0.1, -0.05) is 23.7 Å². The molecule has 8 nitrogen and oxygen atoms in total. The van der Waals surface area contributed by atoms with E-state index in [0.717, 1.165) is 11.4 Å². The summed E-state index contributed by atoms with van der Waals surface area (Å²) in [5, 5.41) is 7.77. The monoisotopic (exact) mass is 418 g/mol. The lowest BCUT2D eigenvalue weighted by Crippen LogP contribution is -2.38. The van der Waals surface area contributed by atoms with Gasteiger partial charge in [0.15, 0.2) is 0 Å². The Balaban J connectivity index is 1.39. The highest BCUT2D eigenvalue weighted by Gasteiger charge is 2.30. The van der Waals surface area contributed by atoms with Gasteiger partial charge in [-0.3, -0.25) is 10.1 Å². The molecule has 0 radical (unpaired) electrons. The highest BCUT2D eigenvalue weighted by molar-refractivity contribution is 7.88. The van der Waals surface area contributed by atoms with Gasteiger partial charge >= 0.3 is 0 Å². The number of sulfonamides is 1. The van der Waals surface area contributed by atoms with Crippen LogP contribution in [-0.2, 0) is 15.8 Å². The van der Waals surface area contributed by atoms with Crippen molar-refractivity contribution in [3.8, 4) is 11.5 Å². The third kappa shape index (κ3) is 4.21. The van der Waals surface area contributed by atoms with E-state index in [9.17, 15) is 8.42 Å². The number of hydrogen-bond acceptors (Lipinski definition) is 6. The molecule has 0 unspecified atom stereocenters. The van der Waals surface area contributed by atoms with Gasteiger partial charge in [0.2, 0.25) is 15.8 Å². The third-order valence-electron chi connectivity index (χ3n) is 4.79. The molecular formula is C18H19ClN6O2S. The number of piperidine rings is 1. The molecule has 3 aromatic rings. The lowest BCUT2D eigenvalue weighted by molar-refractivity contribution is 0.313. The molecule has 2 aromatic heterocycles. The first-order chi connectivity index (χ1) is 13.5. The zero-order chi connectivity index (χ0) is 19.6. The quantitative estimate of drug-likeness (QED) is 0.682. The average molecular weight is 419 g/mol. The lowest BCUT2D eigenvalue weighted by atomic mass is 9.97. The summed E-state index contributed by atoms with van der Waals surface area (Å²) in [7, 11) is -3.37. The number of halogens is 1. The number of hydrogen-bond donors (Lipinski definition) is 1. The molecule has 0 bridgehead atoms. The van der Waals surface area contributed by atoms with Crippen molar-refractivity contribution in [2.24, 2.45) is 0 Å². The van der Waals surface area contributed by atoms with Crippen molar-refractivity contribution in [3.05, 3.63) is 59.3 Å². The molecule has 1 fully saturated rings. The molecule has 3 heterocycles. The van der Waals surface area contributed by atoms with Crippen LogP contribution in [0.2, 0.25) is 5.02 Å². The van der Waals surface area contributed by atoms with Crippen molar-refractivity contribution < 1.29 is 8.42 Å². The highest BCUT2D eigenvalue weighted by Crippen LogP contribution is 2.28. The first kappa shape index (κ1) is 19.0. The summed E-state index contributed by atoms with van der Waals surface area (Å²) in [6.07, 6.45) is 6.18. The lowest BCUT2D eigenvalue weighted by Gasteiger charge is -2.30. The summed E-state index contributed by atoms with van der Waals surface area (Å²) in [5.74, 6) is 1.38. The molecule has 146 valence electrons. The molecule has 4 rings (SSSR count). The number of benzene rings is 1. The largest absolute Gasteiger partial charge is 0.262 e. The minimum absolute atomic E-state index is 0.0199. The van der Waals surface area contributed by atoms with Gasteiger partial charge in [0.25, 0.3) is 0 Å². The van der Waals surface area contributed by atoms with Crippen LogP contribution in [0.4, 0.5) is 0 Å². The Hall–Kier alpha value is -2.36. The van der Waals surface area contributed by atoms with Crippen molar-refractivity contribution in [1.29, 1.82) is 0 Å². The molecule has 10 heteroatoms. The fourth-order valence-corrected chi connectivity index (χ4v) is 4.97. The van der Waals surface area contributed by atoms with Crippen LogP contribution < -0.4 is 0 Å². The molecule has 0 saturated carbocycles. The molecule has 1 N–H and O–H groups in total. The van der Waals surface area contributed by atoms with E-state index in [2.05, 4.69) is 25.1 Å². The van der Waals surface area contributed by atoms with E-state index in [1.54, 1.807) is 47.2 Å². The van der Waals surface area contributed by atoms with Crippen molar-refractivity contribution in [2.45, 2.75) is 24.5 Å². The van der Waals surface area contributed by atoms with Crippen LogP contribution in [0.3, 0.4) is 0 Å². The number of aromatic amines is 1. The maximum atomic E-state index is 12.7. The van der Waals surface area contributed by atoms with E-state index in [0.29, 0.717) is 42.5 Å². The molecule has 28 heavy (non-hydrogen) atoms. The second-order valence-electron chi connectivity index (χ2n) is 6.69. The molecule has 0 amide bonds. The summed E-state index contributed by atoms with van der Waals surface area (Å²) in [5.41, 5.74) is 1.34.